The van der Waals surface area contributed by atoms with Gasteiger partial charge in [-0.15, -0.1) is 0 Å². The molecule has 2 atom stereocenters. The second-order valence-electron chi connectivity index (χ2n) is 5.15. The first kappa shape index (κ1) is 13.9. The van der Waals surface area contributed by atoms with Gasteiger partial charge in [0.05, 0.1) is 5.92 Å². The molecule has 1 fully saturated rings. The average Bonchev–Trinajstić information content (AvgIpc) is 2.69. The number of carbonyl (C=O) groups is 2. The van der Waals surface area contributed by atoms with Crippen LogP contribution in [0.15, 0.2) is 18.2 Å². The molecule has 102 valence electrons. The molecular weight excluding hydrogens is 266 g/mol. The Morgan fingerprint density at radius 1 is 1.32 bits per heavy atom. The number of carbonyl (C=O) groups excluding carboxylic acids is 1. The number of nitrogens with zero attached hydrogens (tertiary/aromatic N) is 1. The van der Waals surface area contributed by atoms with Crippen LogP contribution < -0.4 is 0 Å². The Balaban J connectivity index is 2.19. The van der Waals surface area contributed by atoms with Gasteiger partial charge in [-0.2, -0.15) is 0 Å². The predicted octanol–water partition coefficient (Wildman–Crippen LogP) is 2.44. The molecule has 5 heteroatoms. The summed E-state index contributed by atoms with van der Waals surface area (Å²) in [5.74, 6) is -1.50. The van der Waals surface area contributed by atoms with Crippen molar-refractivity contribution in [1.29, 1.82) is 0 Å². The van der Waals surface area contributed by atoms with E-state index in [1.165, 1.54) is 0 Å². The molecule has 0 bridgehead atoms. The molecule has 1 aliphatic rings. The van der Waals surface area contributed by atoms with Crippen LogP contribution in [0, 0.1) is 18.8 Å². The molecule has 1 heterocycles. The van der Waals surface area contributed by atoms with Gasteiger partial charge in [0.15, 0.2) is 0 Å². The van der Waals surface area contributed by atoms with Crippen molar-refractivity contribution in [2.45, 2.75) is 13.8 Å². The molecule has 1 aromatic rings. The maximum absolute atomic E-state index is 12.3. The van der Waals surface area contributed by atoms with Crippen LogP contribution in [0.2, 0.25) is 5.02 Å². The zero-order valence-corrected chi connectivity index (χ0v) is 11.6. The molecule has 2 rings (SSSR count). The normalized spacial score (nSPS) is 22.6. The Morgan fingerprint density at radius 2 is 2.00 bits per heavy atom. The number of carboxylic acid groups (broad SMARTS) is 1. The van der Waals surface area contributed by atoms with Crippen LogP contribution >= 0.6 is 11.6 Å². The van der Waals surface area contributed by atoms with Crippen LogP contribution in [0.3, 0.4) is 0 Å². The van der Waals surface area contributed by atoms with Crippen LogP contribution in [0.5, 0.6) is 0 Å². The molecule has 1 N–H and O–H groups in total. The monoisotopic (exact) mass is 281 g/mol. The lowest BCUT2D eigenvalue weighted by molar-refractivity contribution is -0.142. The fourth-order valence-corrected chi connectivity index (χ4v) is 2.79. The molecule has 1 amide bonds. The Hall–Kier alpha value is -1.55. The molecule has 0 aromatic heterocycles. The van der Waals surface area contributed by atoms with Gasteiger partial charge in [-0.1, -0.05) is 18.5 Å². The Morgan fingerprint density at radius 3 is 2.53 bits per heavy atom. The highest BCUT2D eigenvalue weighted by molar-refractivity contribution is 6.31. The third-order valence-corrected chi connectivity index (χ3v) is 3.72. The van der Waals surface area contributed by atoms with E-state index in [0.717, 1.165) is 5.56 Å². The Kier molecular flexibility index (Phi) is 3.80. The molecule has 0 unspecified atom stereocenters. The molecular formula is C14H16ClNO3. The van der Waals surface area contributed by atoms with E-state index in [1.54, 1.807) is 23.1 Å². The van der Waals surface area contributed by atoms with E-state index in [2.05, 4.69) is 0 Å². The Bertz CT molecular complexity index is 509. The summed E-state index contributed by atoms with van der Waals surface area (Å²) < 4.78 is 0. The fourth-order valence-electron chi connectivity index (χ4n) is 2.50. The lowest BCUT2D eigenvalue weighted by atomic mass is 9.99. The smallest absolute Gasteiger partial charge is 0.308 e. The first-order valence-electron chi connectivity index (χ1n) is 6.17. The summed E-state index contributed by atoms with van der Waals surface area (Å²) >= 11 is 5.94. The zero-order chi connectivity index (χ0) is 14.2. The van der Waals surface area contributed by atoms with Crippen LogP contribution in [-0.4, -0.2) is 35.0 Å². The number of aryl methyl sites for hydroxylation is 1. The lowest BCUT2D eigenvalue weighted by Crippen LogP contribution is -2.30. The molecule has 0 radical (unpaired) electrons. The molecule has 1 aliphatic heterocycles. The average molecular weight is 282 g/mol. The highest BCUT2D eigenvalue weighted by Crippen LogP contribution is 2.25. The number of halogens is 1. The highest BCUT2D eigenvalue weighted by atomic mass is 35.5. The largest absolute Gasteiger partial charge is 0.481 e. The number of carboxylic acids is 1. The van der Waals surface area contributed by atoms with Gasteiger partial charge in [0.1, 0.15) is 0 Å². The number of hydrogen-bond acceptors (Lipinski definition) is 2. The van der Waals surface area contributed by atoms with Crippen molar-refractivity contribution in [3.05, 3.63) is 34.3 Å². The van der Waals surface area contributed by atoms with Gasteiger partial charge >= 0.3 is 5.97 Å². The van der Waals surface area contributed by atoms with Crippen LogP contribution in [0.4, 0.5) is 0 Å². The van der Waals surface area contributed by atoms with Gasteiger partial charge in [0.2, 0.25) is 0 Å². The third-order valence-electron chi connectivity index (χ3n) is 3.51. The van der Waals surface area contributed by atoms with E-state index in [0.29, 0.717) is 17.1 Å². The second kappa shape index (κ2) is 5.21. The first-order chi connectivity index (χ1) is 8.88. The van der Waals surface area contributed by atoms with E-state index >= 15 is 0 Å². The van der Waals surface area contributed by atoms with Gasteiger partial charge in [-0.3, -0.25) is 9.59 Å². The maximum Gasteiger partial charge on any atom is 0.308 e. The number of rotatable bonds is 2. The number of benzene rings is 1. The van der Waals surface area contributed by atoms with E-state index in [9.17, 15) is 9.59 Å². The molecule has 0 spiro atoms. The number of likely N-dealkylation sites (tertiary alicyclic amines) is 1. The van der Waals surface area contributed by atoms with Crippen LogP contribution in [0.25, 0.3) is 0 Å². The van der Waals surface area contributed by atoms with Crippen molar-refractivity contribution < 1.29 is 14.7 Å². The molecule has 0 saturated carbocycles. The van der Waals surface area contributed by atoms with Crippen molar-refractivity contribution >= 4 is 23.5 Å². The van der Waals surface area contributed by atoms with E-state index in [4.69, 9.17) is 16.7 Å². The second-order valence-corrected chi connectivity index (χ2v) is 5.59. The molecule has 1 saturated heterocycles. The van der Waals surface area contributed by atoms with E-state index < -0.39 is 11.9 Å². The minimum atomic E-state index is -0.843. The topological polar surface area (TPSA) is 57.6 Å². The summed E-state index contributed by atoms with van der Waals surface area (Å²) in [5, 5.41) is 9.60. The minimum absolute atomic E-state index is 0.0262. The van der Waals surface area contributed by atoms with Crippen molar-refractivity contribution in [3.8, 4) is 0 Å². The number of amides is 1. The van der Waals surface area contributed by atoms with Crippen molar-refractivity contribution in [1.82, 2.24) is 4.90 Å². The van der Waals surface area contributed by atoms with Gasteiger partial charge in [0, 0.05) is 23.7 Å². The van der Waals surface area contributed by atoms with Crippen LogP contribution in [0.1, 0.15) is 22.8 Å². The van der Waals surface area contributed by atoms with E-state index in [-0.39, 0.29) is 18.4 Å². The fraction of sp³-hybridized carbons (Fsp3) is 0.429. The molecule has 1 aromatic carbocycles. The molecule has 4 nitrogen and oxygen atoms in total. The molecule has 19 heavy (non-hydrogen) atoms. The Labute approximate surface area is 117 Å². The summed E-state index contributed by atoms with van der Waals surface area (Å²) in [5.41, 5.74) is 1.43. The highest BCUT2D eigenvalue weighted by Gasteiger charge is 2.37. The summed E-state index contributed by atoms with van der Waals surface area (Å²) in [6.07, 6.45) is 0. The zero-order valence-electron chi connectivity index (χ0n) is 10.9. The maximum atomic E-state index is 12.3. The first-order valence-corrected chi connectivity index (χ1v) is 6.55. The van der Waals surface area contributed by atoms with Gasteiger partial charge < -0.3 is 10.0 Å². The van der Waals surface area contributed by atoms with Crippen molar-refractivity contribution in [2.75, 3.05) is 13.1 Å². The quantitative estimate of drug-likeness (QED) is 0.906. The molecule has 0 aliphatic carbocycles. The summed E-state index contributed by atoms with van der Waals surface area (Å²) in [7, 11) is 0. The third kappa shape index (κ3) is 2.89. The minimum Gasteiger partial charge on any atom is -0.481 e. The van der Waals surface area contributed by atoms with Crippen LogP contribution in [-0.2, 0) is 4.79 Å². The number of aliphatic carboxylic acids is 1. The SMILES string of the molecule is Cc1cc(Cl)cc(C(=O)N2C[C@@H](C)[C@H](C(=O)O)C2)c1. The summed E-state index contributed by atoms with van der Waals surface area (Å²) in [6.45, 7) is 4.47. The van der Waals surface area contributed by atoms with Crippen molar-refractivity contribution in [3.63, 3.8) is 0 Å². The van der Waals surface area contributed by atoms with E-state index in [1.807, 2.05) is 13.8 Å². The van der Waals surface area contributed by atoms with Crippen molar-refractivity contribution in [2.24, 2.45) is 11.8 Å². The lowest BCUT2D eigenvalue weighted by Gasteiger charge is -2.16. The van der Waals surface area contributed by atoms with Gasteiger partial charge in [-0.25, -0.2) is 0 Å². The van der Waals surface area contributed by atoms with Gasteiger partial charge in [-0.05, 0) is 36.6 Å². The predicted molar refractivity (Wildman–Crippen MR) is 72.4 cm³/mol. The summed E-state index contributed by atoms with van der Waals surface area (Å²) in [4.78, 5) is 25.0. The van der Waals surface area contributed by atoms with Gasteiger partial charge in [0.25, 0.3) is 5.91 Å². The number of hydrogen-bond donors (Lipinski definition) is 1. The summed E-state index contributed by atoms with van der Waals surface area (Å²) in [6, 6.07) is 5.17. The standard InChI is InChI=1S/C14H16ClNO3/c1-8-3-10(5-11(15)4-8)13(17)16-6-9(2)12(7-16)14(18)19/h3-5,9,12H,6-7H2,1-2H3,(H,18,19)/t9-,12-/m1/s1.